The average Bonchev–Trinajstić information content (AvgIpc) is 2.33. The number of hydrogen-bond acceptors (Lipinski definition) is 4. The van der Waals surface area contributed by atoms with Gasteiger partial charge >= 0.3 is 0 Å². The zero-order valence-corrected chi connectivity index (χ0v) is 12.9. The third-order valence-electron chi connectivity index (χ3n) is 4.35. The molecule has 2 aliphatic rings. The maximum Gasteiger partial charge on any atom is 0.212 e. The molecular weight excluding hydrogens is 262 g/mol. The van der Waals surface area contributed by atoms with Crippen molar-refractivity contribution in [2.24, 2.45) is 11.8 Å². The second-order valence-electron chi connectivity index (χ2n) is 6.23. The van der Waals surface area contributed by atoms with E-state index in [1.165, 1.54) is 0 Å². The van der Waals surface area contributed by atoms with Crippen molar-refractivity contribution in [3.63, 3.8) is 0 Å². The first kappa shape index (κ1) is 15.2. The molecule has 2 N–H and O–H groups in total. The van der Waals surface area contributed by atoms with Crippen LogP contribution in [0.5, 0.6) is 0 Å². The molecule has 112 valence electrons. The number of likely N-dealkylation sites (tertiary alicyclic amines) is 1. The molecule has 2 aliphatic heterocycles. The van der Waals surface area contributed by atoms with E-state index in [4.69, 9.17) is 0 Å². The van der Waals surface area contributed by atoms with Crippen LogP contribution < -0.4 is 10.0 Å². The van der Waals surface area contributed by atoms with E-state index < -0.39 is 10.0 Å². The van der Waals surface area contributed by atoms with Crippen LogP contribution in [0.2, 0.25) is 0 Å². The summed E-state index contributed by atoms with van der Waals surface area (Å²) in [5, 5.41) is 3.27. The Morgan fingerprint density at radius 3 is 2.58 bits per heavy atom. The molecule has 0 amide bonds. The monoisotopic (exact) mass is 289 g/mol. The SMILES string of the molecule is CC1CN(C)CCC1NS(=O)(=O)CC1CCNCC1. The molecule has 0 aromatic carbocycles. The summed E-state index contributed by atoms with van der Waals surface area (Å²) in [7, 11) is -1.03. The minimum absolute atomic E-state index is 0.114. The molecule has 19 heavy (non-hydrogen) atoms. The lowest BCUT2D eigenvalue weighted by atomic mass is 9.95. The molecule has 0 bridgehead atoms. The highest BCUT2D eigenvalue weighted by Gasteiger charge is 2.29. The van der Waals surface area contributed by atoms with Crippen molar-refractivity contribution in [1.29, 1.82) is 0 Å². The van der Waals surface area contributed by atoms with E-state index >= 15 is 0 Å². The van der Waals surface area contributed by atoms with Gasteiger partial charge in [0, 0.05) is 12.6 Å². The zero-order chi connectivity index (χ0) is 13.9. The summed E-state index contributed by atoms with van der Waals surface area (Å²) in [5.74, 6) is 1.01. The number of piperidine rings is 2. The van der Waals surface area contributed by atoms with Crippen LogP contribution >= 0.6 is 0 Å². The fraction of sp³-hybridized carbons (Fsp3) is 1.00. The second kappa shape index (κ2) is 6.52. The molecule has 0 aliphatic carbocycles. The van der Waals surface area contributed by atoms with Gasteiger partial charge in [0.2, 0.25) is 10.0 Å². The van der Waals surface area contributed by atoms with E-state index in [1.807, 2.05) is 0 Å². The smallest absolute Gasteiger partial charge is 0.212 e. The molecule has 2 saturated heterocycles. The van der Waals surface area contributed by atoms with Gasteiger partial charge in [-0.05, 0) is 57.8 Å². The summed E-state index contributed by atoms with van der Waals surface area (Å²) in [6, 6.07) is 0.114. The Morgan fingerprint density at radius 2 is 1.95 bits per heavy atom. The first-order valence-corrected chi connectivity index (χ1v) is 9.01. The standard InChI is InChI=1S/C13H27N3O2S/c1-11-9-16(2)8-5-13(11)15-19(17,18)10-12-3-6-14-7-4-12/h11-15H,3-10H2,1-2H3. The van der Waals surface area contributed by atoms with E-state index in [9.17, 15) is 8.42 Å². The second-order valence-corrected chi connectivity index (χ2v) is 8.03. The van der Waals surface area contributed by atoms with Gasteiger partial charge in [-0.25, -0.2) is 13.1 Å². The molecule has 2 fully saturated rings. The molecule has 2 unspecified atom stereocenters. The molecule has 0 spiro atoms. The van der Waals surface area contributed by atoms with Gasteiger partial charge in [-0.15, -0.1) is 0 Å². The maximum absolute atomic E-state index is 12.2. The van der Waals surface area contributed by atoms with Crippen LogP contribution in [0.4, 0.5) is 0 Å². The first-order chi connectivity index (χ1) is 8.96. The Hall–Kier alpha value is -0.170. The highest BCUT2D eigenvalue weighted by atomic mass is 32.2. The Kier molecular flexibility index (Phi) is 5.22. The van der Waals surface area contributed by atoms with Crippen LogP contribution in [0.15, 0.2) is 0 Å². The Labute approximate surface area is 117 Å². The fourth-order valence-electron chi connectivity index (χ4n) is 3.17. The maximum atomic E-state index is 12.2. The van der Waals surface area contributed by atoms with Crippen molar-refractivity contribution in [3.8, 4) is 0 Å². The van der Waals surface area contributed by atoms with Crippen molar-refractivity contribution < 1.29 is 8.42 Å². The third-order valence-corrected chi connectivity index (χ3v) is 5.93. The minimum Gasteiger partial charge on any atom is -0.317 e. The quantitative estimate of drug-likeness (QED) is 0.779. The van der Waals surface area contributed by atoms with E-state index in [0.29, 0.717) is 17.6 Å². The van der Waals surface area contributed by atoms with Crippen LogP contribution in [0, 0.1) is 11.8 Å². The van der Waals surface area contributed by atoms with Crippen molar-refractivity contribution in [2.45, 2.75) is 32.2 Å². The Balaban J connectivity index is 1.86. The van der Waals surface area contributed by atoms with Crippen molar-refractivity contribution in [2.75, 3.05) is 39.0 Å². The van der Waals surface area contributed by atoms with Gasteiger partial charge in [-0.2, -0.15) is 0 Å². The Bertz CT molecular complexity index is 379. The summed E-state index contributed by atoms with van der Waals surface area (Å²) < 4.78 is 27.4. The van der Waals surface area contributed by atoms with E-state index in [2.05, 4.69) is 28.9 Å². The molecule has 0 aromatic rings. The van der Waals surface area contributed by atoms with E-state index in [1.54, 1.807) is 0 Å². The molecule has 6 heteroatoms. The molecule has 5 nitrogen and oxygen atoms in total. The predicted molar refractivity (Wildman–Crippen MR) is 77.6 cm³/mol. The van der Waals surface area contributed by atoms with Gasteiger partial charge in [0.05, 0.1) is 5.75 Å². The highest BCUT2D eigenvalue weighted by molar-refractivity contribution is 7.89. The molecule has 2 heterocycles. The lowest BCUT2D eigenvalue weighted by Crippen LogP contribution is -2.50. The first-order valence-electron chi connectivity index (χ1n) is 7.35. The predicted octanol–water partition coefficient (Wildman–Crippen LogP) is 0.246. The van der Waals surface area contributed by atoms with Gasteiger partial charge in [-0.1, -0.05) is 6.92 Å². The summed E-state index contributed by atoms with van der Waals surface area (Å²) >= 11 is 0. The number of hydrogen-bond donors (Lipinski definition) is 2. The summed E-state index contributed by atoms with van der Waals surface area (Å²) in [5.41, 5.74) is 0. The third kappa shape index (κ3) is 4.70. The number of nitrogens with one attached hydrogen (secondary N) is 2. The minimum atomic E-state index is -3.13. The summed E-state index contributed by atoms with van der Waals surface area (Å²) in [6.45, 7) is 5.98. The molecule has 2 atom stereocenters. The van der Waals surface area contributed by atoms with Gasteiger partial charge in [0.25, 0.3) is 0 Å². The summed E-state index contributed by atoms with van der Waals surface area (Å²) in [4.78, 5) is 2.27. The topological polar surface area (TPSA) is 61.4 Å². The number of sulfonamides is 1. The molecule has 0 saturated carbocycles. The fourth-order valence-corrected chi connectivity index (χ4v) is 5.03. The number of nitrogens with zero attached hydrogens (tertiary/aromatic N) is 1. The van der Waals surface area contributed by atoms with Crippen LogP contribution in [0.1, 0.15) is 26.2 Å². The molecule has 0 radical (unpaired) electrons. The van der Waals surface area contributed by atoms with Crippen molar-refractivity contribution in [3.05, 3.63) is 0 Å². The Morgan fingerprint density at radius 1 is 1.26 bits per heavy atom. The van der Waals surface area contributed by atoms with Crippen molar-refractivity contribution in [1.82, 2.24) is 14.9 Å². The van der Waals surface area contributed by atoms with E-state index in [0.717, 1.165) is 45.4 Å². The van der Waals surface area contributed by atoms with Gasteiger partial charge < -0.3 is 10.2 Å². The van der Waals surface area contributed by atoms with E-state index in [-0.39, 0.29) is 6.04 Å². The van der Waals surface area contributed by atoms with Gasteiger partial charge in [-0.3, -0.25) is 0 Å². The lowest BCUT2D eigenvalue weighted by Gasteiger charge is -2.35. The van der Waals surface area contributed by atoms with Crippen LogP contribution in [0.3, 0.4) is 0 Å². The molecule has 0 aromatic heterocycles. The van der Waals surface area contributed by atoms with Crippen LogP contribution in [0.25, 0.3) is 0 Å². The highest BCUT2D eigenvalue weighted by Crippen LogP contribution is 2.18. The van der Waals surface area contributed by atoms with Gasteiger partial charge in [0.1, 0.15) is 0 Å². The van der Waals surface area contributed by atoms with Crippen molar-refractivity contribution >= 4 is 10.0 Å². The molecular formula is C13H27N3O2S. The van der Waals surface area contributed by atoms with Crippen LogP contribution in [-0.4, -0.2) is 58.3 Å². The van der Waals surface area contributed by atoms with Gasteiger partial charge in [0.15, 0.2) is 0 Å². The zero-order valence-electron chi connectivity index (χ0n) is 12.1. The number of rotatable bonds is 4. The summed E-state index contributed by atoms with van der Waals surface area (Å²) in [6.07, 6.45) is 2.87. The normalized spacial score (nSPS) is 31.5. The average molecular weight is 289 g/mol. The largest absolute Gasteiger partial charge is 0.317 e. The lowest BCUT2D eigenvalue weighted by molar-refractivity contribution is 0.188. The molecule has 2 rings (SSSR count). The van der Waals surface area contributed by atoms with Crippen LogP contribution in [-0.2, 0) is 10.0 Å².